The molecule has 1 unspecified atom stereocenters. The first-order valence-electron chi connectivity index (χ1n) is 5.93. The van der Waals surface area contributed by atoms with E-state index >= 15 is 0 Å². The molecule has 0 bridgehead atoms. The van der Waals surface area contributed by atoms with Gasteiger partial charge in [-0.05, 0) is 36.2 Å². The van der Waals surface area contributed by atoms with Crippen LogP contribution in [0.1, 0.15) is 16.0 Å². The van der Waals surface area contributed by atoms with E-state index in [1.54, 1.807) is 12.1 Å². The highest BCUT2D eigenvalue weighted by Gasteiger charge is 2.18. The number of hydrogen-bond acceptors (Lipinski definition) is 1. The average molecular weight is 345 g/mol. The van der Waals surface area contributed by atoms with Gasteiger partial charge in [-0.2, -0.15) is 0 Å². The highest BCUT2D eigenvalue weighted by atomic mass is 79.9. The summed E-state index contributed by atoms with van der Waals surface area (Å²) in [7, 11) is 1.45. The van der Waals surface area contributed by atoms with Gasteiger partial charge in [0.15, 0.2) is 11.6 Å². The van der Waals surface area contributed by atoms with Gasteiger partial charge in [-0.3, -0.25) is 0 Å². The molecule has 0 aromatic heterocycles. The molecule has 0 aliphatic heterocycles. The van der Waals surface area contributed by atoms with Crippen molar-refractivity contribution in [3.05, 3.63) is 65.0 Å². The van der Waals surface area contributed by atoms with Crippen molar-refractivity contribution in [2.24, 2.45) is 0 Å². The van der Waals surface area contributed by atoms with Gasteiger partial charge in [-0.25, -0.2) is 13.2 Å². The topological polar surface area (TPSA) is 9.23 Å². The van der Waals surface area contributed by atoms with Crippen molar-refractivity contribution in [2.75, 3.05) is 7.11 Å². The normalized spacial score (nSPS) is 12.2. The number of ether oxygens (including phenoxy) is 1. The maximum absolute atomic E-state index is 13.9. The predicted octanol–water partition coefficient (Wildman–Crippen LogP) is 4.79. The van der Waals surface area contributed by atoms with E-state index in [2.05, 4.69) is 15.9 Å². The SMILES string of the molecule is COc1cccc(F)c1C(Br)Cc1ccc(F)c(F)c1. The maximum atomic E-state index is 13.9. The summed E-state index contributed by atoms with van der Waals surface area (Å²) in [5.74, 6) is -1.81. The zero-order valence-electron chi connectivity index (χ0n) is 10.7. The Hall–Kier alpha value is -1.49. The largest absolute Gasteiger partial charge is 0.496 e. The minimum atomic E-state index is -0.914. The number of halogens is 4. The van der Waals surface area contributed by atoms with Crippen LogP contribution in [-0.4, -0.2) is 7.11 Å². The molecule has 20 heavy (non-hydrogen) atoms. The molecule has 0 heterocycles. The Morgan fingerprint density at radius 2 is 1.80 bits per heavy atom. The first kappa shape index (κ1) is 14.9. The van der Waals surface area contributed by atoms with Crippen LogP contribution in [0.4, 0.5) is 13.2 Å². The van der Waals surface area contributed by atoms with Crippen molar-refractivity contribution in [1.82, 2.24) is 0 Å². The highest BCUT2D eigenvalue weighted by Crippen LogP contribution is 2.35. The third-order valence-electron chi connectivity index (χ3n) is 2.94. The molecule has 5 heteroatoms. The summed E-state index contributed by atoms with van der Waals surface area (Å²) >= 11 is 3.37. The van der Waals surface area contributed by atoms with Crippen LogP contribution in [0.15, 0.2) is 36.4 Å². The fourth-order valence-electron chi connectivity index (χ4n) is 1.97. The molecule has 2 aromatic rings. The van der Waals surface area contributed by atoms with Crippen molar-refractivity contribution in [3.8, 4) is 5.75 Å². The van der Waals surface area contributed by atoms with Gasteiger partial charge in [0.2, 0.25) is 0 Å². The summed E-state index contributed by atoms with van der Waals surface area (Å²) in [5, 5.41) is 0. The van der Waals surface area contributed by atoms with Crippen molar-refractivity contribution >= 4 is 15.9 Å². The number of alkyl halides is 1. The molecule has 0 saturated carbocycles. The molecule has 0 spiro atoms. The van der Waals surface area contributed by atoms with E-state index < -0.39 is 22.3 Å². The standard InChI is InChI=1S/C15H12BrF3O/c1-20-14-4-2-3-12(18)15(14)10(16)7-9-5-6-11(17)13(19)8-9/h2-6,8,10H,7H2,1H3. The monoisotopic (exact) mass is 344 g/mol. The van der Waals surface area contributed by atoms with Gasteiger partial charge in [0.25, 0.3) is 0 Å². The lowest BCUT2D eigenvalue weighted by Gasteiger charge is -2.15. The molecule has 0 aliphatic rings. The van der Waals surface area contributed by atoms with Gasteiger partial charge in [0.1, 0.15) is 11.6 Å². The molecule has 106 valence electrons. The number of hydrogen-bond donors (Lipinski definition) is 0. The van der Waals surface area contributed by atoms with Crippen molar-refractivity contribution in [3.63, 3.8) is 0 Å². The van der Waals surface area contributed by atoms with Crippen LogP contribution in [-0.2, 0) is 6.42 Å². The smallest absolute Gasteiger partial charge is 0.159 e. The molecular weight excluding hydrogens is 333 g/mol. The molecule has 0 N–H and O–H groups in total. The minimum absolute atomic E-state index is 0.314. The highest BCUT2D eigenvalue weighted by molar-refractivity contribution is 9.09. The zero-order chi connectivity index (χ0) is 14.7. The van der Waals surface area contributed by atoms with E-state index in [0.717, 1.165) is 12.1 Å². The van der Waals surface area contributed by atoms with Crippen molar-refractivity contribution in [2.45, 2.75) is 11.2 Å². The van der Waals surface area contributed by atoms with E-state index in [0.29, 0.717) is 23.3 Å². The molecular formula is C15H12BrF3O. The Morgan fingerprint density at radius 1 is 1.05 bits per heavy atom. The zero-order valence-corrected chi connectivity index (χ0v) is 12.3. The second kappa shape index (κ2) is 6.31. The number of rotatable bonds is 4. The van der Waals surface area contributed by atoms with Gasteiger partial charge in [0.05, 0.1) is 11.9 Å². The summed E-state index contributed by atoms with van der Waals surface area (Å²) in [5.41, 5.74) is 0.927. The van der Waals surface area contributed by atoms with E-state index in [4.69, 9.17) is 4.74 Å². The molecule has 0 aliphatic carbocycles. The van der Waals surface area contributed by atoms with Crippen LogP contribution in [0.2, 0.25) is 0 Å². The Balaban J connectivity index is 2.28. The Bertz CT molecular complexity index is 616. The van der Waals surface area contributed by atoms with Gasteiger partial charge in [-0.15, -0.1) is 0 Å². The molecule has 1 nitrogen and oxygen atoms in total. The Labute approximate surface area is 123 Å². The quantitative estimate of drug-likeness (QED) is 0.724. The number of benzene rings is 2. The van der Waals surface area contributed by atoms with E-state index in [9.17, 15) is 13.2 Å². The van der Waals surface area contributed by atoms with Crippen LogP contribution in [0.5, 0.6) is 5.75 Å². The molecule has 0 fully saturated rings. The lowest BCUT2D eigenvalue weighted by molar-refractivity contribution is 0.404. The van der Waals surface area contributed by atoms with Crippen molar-refractivity contribution in [1.29, 1.82) is 0 Å². The molecule has 1 atom stereocenters. The van der Waals surface area contributed by atoms with Gasteiger partial charge in [-0.1, -0.05) is 28.1 Å². The van der Waals surface area contributed by atoms with Crippen LogP contribution in [0, 0.1) is 17.5 Å². The summed E-state index contributed by atoms with van der Waals surface area (Å²) in [6, 6.07) is 8.17. The summed E-state index contributed by atoms with van der Waals surface area (Å²) in [6.45, 7) is 0. The van der Waals surface area contributed by atoms with Crippen LogP contribution >= 0.6 is 15.9 Å². The van der Waals surface area contributed by atoms with Gasteiger partial charge < -0.3 is 4.74 Å². The average Bonchev–Trinajstić information content (AvgIpc) is 2.42. The molecule has 2 aromatic carbocycles. The van der Waals surface area contributed by atoms with E-state index in [1.165, 1.54) is 19.2 Å². The lowest BCUT2D eigenvalue weighted by atomic mass is 10.0. The summed E-state index contributed by atoms with van der Waals surface area (Å²) in [6.07, 6.45) is 0.314. The predicted molar refractivity (Wildman–Crippen MR) is 74.7 cm³/mol. The van der Waals surface area contributed by atoms with Gasteiger partial charge in [0, 0.05) is 5.56 Å². The van der Waals surface area contributed by atoms with E-state index in [1.807, 2.05) is 0 Å². The van der Waals surface area contributed by atoms with Gasteiger partial charge >= 0.3 is 0 Å². The van der Waals surface area contributed by atoms with Crippen molar-refractivity contribution < 1.29 is 17.9 Å². The third-order valence-corrected chi connectivity index (χ3v) is 3.73. The number of methoxy groups -OCH3 is 1. The Kier molecular flexibility index (Phi) is 4.70. The minimum Gasteiger partial charge on any atom is -0.496 e. The molecule has 2 rings (SSSR count). The fraction of sp³-hybridized carbons (Fsp3) is 0.200. The summed E-state index contributed by atoms with van der Waals surface area (Å²) in [4.78, 5) is -0.400. The van der Waals surface area contributed by atoms with E-state index in [-0.39, 0.29) is 0 Å². The second-order valence-corrected chi connectivity index (χ2v) is 5.38. The van der Waals surface area contributed by atoms with Crippen LogP contribution in [0.3, 0.4) is 0 Å². The Morgan fingerprint density at radius 3 is 2.45 bits per heavy atom. The first-order chi connectivity index (χ1) is 9.52. The first-order valence-corrected chi connectivity index (χ1v) is 6.85. The van der Waals surface area contributed by atoms with Crippen LogP contribution in [0.25, 0.3) is 0 Å². The third kappa shape index (κ3) is 3.15. The molecule has 0 amide bonds. The molecule has 0 saturated heterocycles. The lowest BCUT2D eigenvalue weighted by Crippen LogP contribution is -2.02. The fourth-order valence-corrected chi connectivity index (χ4v) is 2.79. The maximum Gasteiger partial charge on any atom is 0.159 e. The molecule has 0 radical (unpaired) electrons. The van der Waals surface area contributed by atoms with Crippen LogP contribution < -0.4 is 4.74 Å². The second-order valence-electron chi connectivity index (χ2n) is 4.28. The summed E-state index contributed by atoms with van der Waals surface area (Å²) < 4.78 is 45.1.